The third-order valence-electron chi connectivity index (χ3n) is 5.87. The molecule has 7 heteroatoms. The van der Waals surface area contributed by atoms with Crippen molar-refractivity contribution in [1.29, 1.82) is 0 Å². The molecule has 1 N–H and O–H groups in total. The summed E-state index contributed by atoms with van der Waals surface area (Å²) >= 11 is 12.2. The molecule has 0 saturated heterocycles. The van der Waals surface area contributed by atoms with Crippen LogP contribution >= 0.6 is 23.2 Å². The van der Waals surface area contributed by atoms with Crippen molar-refractivity contribution in [3.8, 4) is 5.75 Å². The normalized spacial score (nSPS) is 18.5. The lowest BCUT2D eigenvalue weighted by Gasteiger charge is -2.16. The van der Waals surface area contributed by atoms with Crippen molar-refractivity contribution in [3.05, 3.63) is 93.5 Å². The number of nitrogens with one attached hydrogen (secondary N) is 1. The molecule has 2 amide bonds. The van der Waals surface area contributed by atoms with E-state index in [9.17, 15) is 4.79 Å². The van der Waals surface area contributed by atoms with Crippen LogP contribution in [0.2, 0.25) is 10.0 Å². The Hall–Kier alpha value is -3.02. The topological polar surface area (TPSA) is 53.9 Å². The second-order valence-electron chi connectivity index (χ2n) is 8.97. The van der Waals surface area contributed by atoms with E-state index < -0.39 is 0 Å². The first-order valence-corrected chi connectivity index (χ1v) is 11.5. The van der Waals surface area contributed by atoms with Gasteiger partial charge in [-0.05, 0) is 67.4 Å². The summed E-state index contributed by atoms with van der Waals surface area (Å²) in [5, 5.41) is 10.5. The Kier molecular flexibility index (Phi) is 5.55. The maximum atomic E-state index is 13.1. The number of ether oxygens (including phenoxy) is 1. The number of hydrogen-bond donors (Lipinski definition) is 1. The van der Waals surface area contributed by atoms with Crippen LogP contribution in [0.1, 0.15) is 36.5 Å². The van der Waals surface area contributed by atoms with Crippen molar-refractivity contribution in [1.82, 2.24) is 5.01 Å². The highest BCUT2D eigenvalue weighted by Gasteiger charge is 2.33. The lowest BCUT2D eigenvalue weighted by atomic mass is 9.91. The summed E-state index contributed by atoms with van der Waals surface area (Å²) in [4.78, 5) is 13.1. The van der Waals surface area contributed by atoms with Crippen molar-refractivity contribution in [2.45, 2.75) is 31.8 Å². The van der Waals surface area contributed by atoms with Gasteiger partial charge in [-0.1, -0.05) is 47.5 Å². The smallest absolute Gasteiger partial charge is 0.342 e. The van der Waals surface area contributed by atoms with Gasteiger partial charge in [-0.25, -0.2) is 9.80 Å². The summed E-state index contributed by atoms with van der Waals surface area (Å²) in [5.74, 6) is 0.786. The van der Waals surface area contributed by atoms with E-state index in [0.717, 1.165) is 40.3 Å². The number of fused-ring (bicyclic) bond motifs is 1. The maximum Gasteiger partial charge on any atom is 0.342 e. The van der Waals surface area contributed by atoms with Crippen LogP contribution in [-0.2, 0) is 6.42 Å². The number of rotatable bonds is 3. The standard InChI is InChI=1S/C26H23Cl2N3O2/c1-26(2)14-18-13-21(11-12-23(18)33-26)29-25(32)31-15-22(16-3-7-19(27)8-4-16)24(30-31)17-5-9-20(28)10-6-17/h3-13,22H,14-15H2,1-2H3,(H,29,32)/t22-/m1/s1. The first-order valence-electron chi connectivity index (χ1n) is 10.8. The quantitative estimate of drug-likeness (QED) is 0.451. The first-order chi connectivity index (χ1) is 15.8. The van der Waals surface area contributed by atoms with E-state index in [1.165, 1.54) is 5.01 Å². The molecule has 3 aromatic rings. The van der Waals surface area contributed by atoms with Gasteiger partial charge in [0.05, 0.1) is 12.3 Å². The number of amides is 2. The Morgan fingerprint density at radius 1 is 1.03 bits per heavy atom. The molecule has 0 aromatic heterocycles. The number of urea groups is 1. The third kappa shape index (κ3) is 4.56. The molecule has 5 nitrogen and oxygen atoms in total. The molecule has 0 bridgehead atoms. The van der Waals surface area contributed by atoms with Crippen LogP contribution in [0.3, 0.4) is 0 Å². The molecule has 0 spiro atoms. The zero-order valence-electron chi connectivity index (χ0n) is 18.3. The Bertz CT molecular complexity index is 1240. The summed E-state index contributed by atoms with van der Waals surface area (Å²) in [6.45, 7) is 4.53. The molecule has 0 fully saturated rings. The monoisotopic (exact) mass is 479 g/mol. The summed E-state index contributed by atoms with van der Waals surface area (Å²) in [6.07, 6.45) is 0.799. The van der Waals surface area contributed by atoms with Gasteiger partial charge in [0, 0.05) is 33.6 Å². The molecule has 2 aliphatic rings. The second-order valence-corrected chi connectivity index (χ2v) is 9.84. The van der Waals surface area contributed by atoms with E-state index in [2.05, 4.69) is 19.2 Å². The van der Waals surface area contributed by atoms with Gasteiger partial charge < -0.3 is 10.1 Å². The number of hydrazone groups is 1. The minimum absolute atomic E-state index is 0.0802. The maximum absolute atomic E-state index is 13.1. The highest BCUT2D eigenvalue weighted by Crippen LogP contribution is 2.36. The van der Waals surface area contributed by atoms with Gasteiger partial charge in [0.25, 0.3) is 0 Å². The SMILES string of the molecule is CC1(C)Cc2cc(NC(=O)N3C[C@H](c4ccc(Cl)cc4)C(c4ccc(Cl)cc4)=N3)ccc2O1. The Labute approximate surface area is 203 Å². The number of anilines is 1. The lowest BCUT2D eigenvalue weighted by molar-refractivity contribution is 0.138. The van der Waals surface area contributed by atoms with Gasteiger partial charge in [-0.15, -0.1) is 0 Å². The van der Waals surface area contributed by atoms with Crippen LogP contribution in [-0.4, -0.2) is 28.9 Å². The van der Waals surface area contributed by atoms with Crippen molar-refractivity contribution in [2.75, 3.05) is 11.9 Å². The minimum Gasteiger partial charge on any atom is -0.487 e. The number of carbonyl (C=O) groups excluding carboxylic acids is 1. The van der Waals surface area contributed by atoms with Crippen LogP contribution in [0.25, 0.3) is 0 Å². The van der Waals surface area contributed by atoms with Gasteiger partial charge in [0.2, 0.25) is 0 Å². The molecular formula is C26H23Cl2N3O2. The summed E-state index contributed by atoms with van der Waals surface area (Å²) in [5.41, 5.74) is 4.35. The number of halogens is 2. The fourth-order valence-electron chi connectivity index (χ4n) is 4.34. The number of nitrogens with zero attached hydrogens (tertiary/aromatic N) is 2. The summed E-state index contributed by atoms with van der Waals surface area (Å²) < 4.78 is 5.93. The van der Waals surface area contributed by atoms with Gasteiger partial charge in [0.15, 0.2) is 0 Å². The Balaban J connectivity index is 1.40. The zero-order chi connectivity index (χ0) is 23.2. The molecule has 3 aromatic carbocycles. The minimum atomic E-state index is -0.281. The molecule has 0 aliphatic carbocycles. The van der Waals surface area contributed by atoms with Crippen LogP contribution in [0.5, 0.6) is 5.75 Å². The second kappa shape index (κ2) is 8.40. The van der Waals surface area contributed by atoms with Gasteiger partial charge >= 0.3 is 6.03 Å². The first kappa shape index (κ1) is 21.8. The van der Waals surface area contributed by atoms with E-state index in [1.54, 1.807) is 0 Å². The fourth-order valence-corrected chi connectivity index (χ4v) is 4.59. The lowest BCUT2D eigenvalue weighted by Crippen LogP contribution is -2.30. The van der Waals surface area contributed by atoms with E-state index in [0.29, 0.717) is 16.6 Å². The van der Waals surface area contributed by atoms with E-state index in [4.69, 9.17) is 33.0 Å². The van der Waals surface area contributed by atoms with Crippen molar-refractivity contribution < 1.29 is 9.53 Å². The predicted octanol–water partition coefficient (Wildman–Crippen LogP) is 6.74. The molecule has 0 unspecified atom stereocenters. The highest BCUT2D eigenvalue weighted by atomic mass is 35.5. The van der Waals surface area contributed by atoms with E-state index in [-0.39, 0.29) is 17.6 Å². The molecule has 5 rings (SSSR count). The van der Waals surface area contributed by atoms with Crippen LogP contribution in [0, 0.1) is 0 Å². The van der Waals surface area contributed by atoms with Gasteiger partial charge in [0.1, 0.15) is 11.4 Å². The average Bonchev–Trinajstić information content (AvgIpc) is 3.34. The summed E-state index contributed by atoms with van der Waals surface area (Å²) in [7, 11) is 0. The summed E-state index contributed by atoms with van der Waals surface area (Å²) in [6, 6.07) is 20.6. The average molecular weight is 480 g/mol. The molecular weight excluding hydrogens is 457 g/mol. The number of benzene rings is 3. The van der Waals surface area contributed by atoms with Crippen molar-refractivity contribution in [3.63, 3.8) is 0 Å². The van der Waals surface area contributed by atoms with Crippen LogP contribution in [0.4, 0.5) is 10.5 Å². The molecule has 0 saturated carbocycles. The largest absolute Gasteiger partial charge is 0.487 e. The van der Waals surface area contributed by atoms with E-state index in [1.807, 2.05) is 66.7 Å². The van der Waals surface area contributed by atoms with Gasteiger partial charge in [-0.3, -0.25) is 0 Å². The van der Waals surface area contributed by atoms with Crippen LogP contribution in [0.15, 0.2) is 71.8 Å². The van der Waals surface area contributed by atoms with Crippen molar-refractivity contribution in [2.24, 2.45) is 5.10 Å². The third-order valence-corrected chi connectivity index (χ3v) is 6.38. The van der Waals surface area contributed by atoms with E-state index >= 15 is 0 Å². The molecule has 0 radical (unpaired) electrons. The van der Waals surface area contributed by atoms with Crippen molar-refractivity contribution >= 4 is 40.6 Å². The Morgan fingerprint density at radius 3 is 2.39 bits per heavy atom. The molecule has 2 heterocycles. The zero-order valence-corrected chi connectivity index (χ0v) is 19.8. The Morgan fingerprint density at radius 2 is 1.70 bits per heavy atom. The fraction of sp³-hybridized carbons (Fsp3) is 0.231. The molecule has 2 aliphatic heterocycles. The number of hydrogen-bond acceptors (Lipinski definition) is 3. The number of carbonyl (C=O) groups is 1. The van der Waals surface area contributed by atoms with Gasteiger partial charge in [-0.2, -0.15) is 5.10 Å². The molecule has 1 atom stereocenters. The van der Waals surface area contributed by atoms with Crippen LogP contribution < -0.4 is 10.1 Å². The molecule has 168 valence electrons. The highest BCUT2D eigenvalue weighted by molar-refractivity contribution is 6.31. The predicted molar refractivity (Wildman–Crippen MR) is 133 cm³/mol. The molecule has 33 heavy (non-hydrogen) atoms.